The summed E-state index contributed by atoms with van der Waals surface area (Å²) in [6.45, 7) is 5.40. The van der Waals surface area contributed by atoms with Crippen LogP contribution in [0.15, 0.2) is 34.7 Å². The fourth-order valence-electron chi connectivity index (χ4n) is 3.14. The van der Waals surface area contributed by atoms with E-state index in [-0.39, 0.29) is 12.8 Å². The number of hydrazine groups is 1. The minimum Gasteiger partial charge on any atom is -0.492 e. The Labute approximate surface area is 146 Å². The van der Waals surface area contributed by atoms with Crippen LogP contribution >= 0.6 is 0 Å². The summed E-state index contributed by atoms with van der Waals surface area (Å²) < 4.78 is 22.1. The van der Waals surface area contributed by atoms with Gasteiger partial charge in [0.15, 0.2) is 11.5 Å². The molecule has 4 rings (SSSR count). The van der Waals surface area contributed by atoms with Gasteiger partial charge in [-0.1, -0.05) is 0 Å². The van der Waals surface area contributed by atoms with Gasteiger partial charge < -0.3 is 23.9 Å². The highest BCUT2D eigenvalue weighted by Gasteiger charge is 2.30. The Balaban J connectivity index is 1.20. The molecule has 3 heterocycles. The van der Waals surface area contributed by atoms with Crippen LogP contribution in [-0.2, 0) is 0 Å². The molecule has 1 saturated heterocycles. The number of nitrogens with one attached hydrogen (secondary N) is 3. The quantitative estimate of drug-likeness (QED) is 0.660. The molecule has 0 bridgehead atoms. The molecule has 2 unspecified atom stereocenters. The van der Waals surface area contributed by atoms with Gasteiger partial charge in [0.25, 0.3) is 0 Å². The second kappa shape index (κ2) is 7.35. The molecule has 0 saturated carbocycles. The zero-order valence-corrected chi connectivity index (χ0v) is 14.2. The van der Waals surface area contributed by atoms with E-state index in [4.69, 9.17) is 18.6 Å². The number of rotatable bonds is 7. The molecule has 0 spiro atoms. The van der Waals surface area contributed by atoms with E-state index in [9.17, 15) is 0 Å². The first-order chi connectivity index (χ1) is 12.3. The molecular formula is C18H23N3O4. The Morgan fingerprint density at radius 2 is 2.12 bits per heavy atom. The lowest BCUT2D eigenvalue weighted by molar-refractivity contribution is 0.173. The normalized spacial score (nSPS) is 21.6. The van der Waals surface area contributed by atoms with Crippen LogP contribution in [0, 0.1) is 12.8 Å². The average Bonchev–Trinajstić information content (AvgIpc) is 3.34. The minimum atomic E-state index is 0.191. The van der Waals surface area contributed by atoms with Gasteiger partial charge in [-0.2, -0.15) is 0 Å². The van der Waals surface area contributed by atoms with E-state index < -0.39 is 0 Å². The van der Waals surface area contributed by atoms with Crippen LogP contribution in [0.25, 0.3) is 0 Å². The molecule has 2 aliphatic heterocycles. The second-order valence-corrected chi connectivity index (χ2v) is 6.28. The Morgan fingerprint density at radius 3 is 3.00 bits per heavy atom. The maximum atomic E-state index is 5.76. The molecule has 0 aliphatic carbocycles. The fraction of sp³-hybridized carbons (Fsp3) is 0.444. The highest BCUT2D eigenvalue weighted by atomic mass is 16.7. The first-order valence-corrected chi connectivity index (χ1v) is 8.57. The van der Waals surface area contributed by atoms with E-state index in [0.29, 0.717) is 12.5 Å². The molecule has 7 heteroatoms. The van der Waals surface area contributed by atoms with Crippen molar-refractivity contribution in [1.82, 2.24) is 16.2 Å². The molecule has 2 atom stereocenters. The Morgan fingerprint density at radius 1 is 1.20 bits per heavy atom. The molecule has 3 N–H and O–H groups in total. The number of fused-ring (bicyclic) bond motifs is 1. The van der Waals surface area contributed by atoms with E-state index in [0.717, 1.165) is 48.4 Å². The SMILES string of the molecule is Cc1ccc(C2NNCC2CNCCOc2ccc3c(c2)OCO3)o1. The van der Waals surface area contributed by atoms with E-state index >= 15 is 0 Å². The lowest BCUT2D eigenvalue weighted by Crippen LogP contribution is -2.31. The van der Waals surface area contributed by atoms with Crippen molar-refractivity contribution in [1.29, 1.82) is 0 Å². The van der Waals surface area contributed by atoms with Gasteiger partial charge in [-0.25, -0.2) is 5.43 Å². The van der Waals surface area contributed by atoms with Gasteiger partial charge in [0, 0.05) is 31.6 Å². The number of ether oxygens (including phenoxy) is 3. The van der Waals surface area contributed by atoms with Crippen molar-refractivity contribution in [2.45, 2.75) is 13.0 Å². The van der Waals surface area contributed by atoms with E-state index in [1.807, 2.05) is 37.3 Å². The first kappa shape index (κ1) is 16.3. The first-order valence-electron chi connectivity index (χ1n) is 8.57. The molecule has 7 nitrogen and oxygen atoms in total. The molecule has 2 aliphatic rings. The number of benzene rings is 1. The van der Waals surface area contributed by atoms with Gasteiger partial charge in [0.2, 0.25) is 6.79 Å². The zero-order chi connectivity index (χ0) is 17.1. The minimum absolute atomic E-state index is 0.191. The molecule has 25 heavy (non-hydrogen) atoms. The van der Waals surface area contributed by atoms with Gasteiger partial charge >= 0.3 is 0 Å². The monoisotopic (exact) mass is 345 g/mol. The maximum Gasteiger partial charge on any atom is 0.231 e. The van der Waals surface area contributed by atoms with Crippen LogP contribution in [0.2, 0.25) is 0 Å². The number of aryl methyl sites for hydroxylation is 1. The van der Waals surface area contributed by atoms with Crippen LogP contribution < -0.4 is 30.4 Å². The Bertz CT molecular complexity index is 718. The van der Waals surface area contributed by atoms with Crippen molar-refractivity contribution in [2.24, 2.45) is 5.92 Å². The Kier molecular flexibility index (Phi) is 4.78. The average molecular weight is 345 g/mol. The van der Waals surface area contributed by atoms with Crippen LogP contribution in [0.1, 0.15) is 17.6 Å². The van der Waals surface area contributed by atoms with Crippen LogP contribution in [-0.4, -0.2) is 33.0 Å². The summed E-state index contributed by atoms with van der Waals surface area (Å²) in [5, 5.41) is 3.45. The van der Waals surface area contributed by atoms with Gasteiger partial charge in [-0.05, 0) is 31.2 Å². The molecular weight excluding hydrogens is 322 g/mol. The molecule has 2 aromatic rings. The van der Waals surface area contributed by atoms with Crippen molar-refractivity contribution in [3.63, 3.8) is 0 Å². The third-order valence-electron chi connectivity index (χ3n) is 4.46. The fourth-order valence-corrected chi connectivity index (χ4v) is 3.14. The lowest BCUT2D eigenvalue weighted by atomic mass is 10.00. The lowest BCUT2D eigenvalue weighted by Gasteiger charge is -2.17. The van der Waals surface area contributed by atoms with Gasteiger partial charge in [0.1, 0.15) is 23.9 Å². The van der Waals surface area contributed by atoms with Crippen LogP contribution in [0.4, 0.5) is 0 Å². The van der Waals surface area contributed by atoms with E-state index in [1.165, 1.54) is 0 Å². The molecule has 0 amide bonds. The zero-order valence-electron chi connectivity index (χ0n) is 14.2. The molecule has 1 fully saturated rings. The van der Waals surface area contributed by atoms with Gasteiger partial charge in [-0.15, -0.1) is 0 Å². The standard InChI is InChI=1S/C18H23N3O4/c1-12-2-4-16(25-12)18-13(10-20-21-18)9-19-6-7-22-14-3-5-15-17(8-14)24-11-23-15/h2-5,8,13,18-21H,6-7,9-11H2,1H3. The number of hydrogen-bond donors (Lipinski definition) is 3. The smallest absolute Gasteiger partial charge is 0.231 e. The summed E-state index contributed by atoms with van der Waals surface area (Å²) >= 11 is 0. The summed E-state index contributed by atoms with van der Waals surface area (Å²) in [4.78, 5) is 0. The topological polar surface area (TPSA) is 76.9 Å². The second-order valence-electron chi connectivity index (χ2n) is 6.28. The van der Waals surface area contributed by atoms with Crippen LogP contribution in [0.5, 0.6) is 17.2 Å². The van der Waals surface area contributed by atoms with Crippen molar-refractivity contribution in [2.75, 3.05) is 33.0 Å². The summed E-state index contributed by atoms with van der Waals surface area (Å²) in [5.41, 5.74) is 6.50. The summed E-state index contributed by atoms with van der Waals surface area (Å²) in [7, 11) is 0. The summed E-state index contributed by atoms with van der Waals surface area (Å²) in [6, 6.07) is 9.86. The largest absolute Gasteiger partial charge is 0.492 e. The van der Waals surface area contributed by atoms with Crippen molar-refractivity contribution in [3.05, 3.63) is 41.9 Å². The van der Waals surface area contributed by atoms with Crippen LogP contribution in [0.3, 0.4) is 0 Å². The third kappa shape index (κ3) is 3.73. The van der Waals surface area contributed by atoms with E-state index in [1.54, 1.807) is 0 Å². The van der Waals surface area contributed by atoms with Crippen molar-refractivity contribution in [3.8, 4) is 17.2 Å². The molecule has 1 aromatic carbocycles. The highest BCUT2D eigenvalue weighted by Crippen LogP contribution is 2.35. The maximum absolute atomic E-state index is 5.76. The molecule has 134 valence electrons. The summed E-state index contributed by atoms with van der Waals surface area (Å²) in [6.07, 6.45) is 0. The van der Waals surface area contributed by atoms with E-state index in [2.05, 4.69) is 16.2 Å². The highest BCUT2D eigenvalue weighted by molar-refractivity contribution is 5.46. The predicted octanol–water partition coefficient (Wildman–Crippen LogP) is 1.75. The molecule has 1 aromatic heterocycles. The number of furan rings is 1. The molecule has 0 radical (unpaired) electrons. The Hall–Kier alpha value is -2.22. The van der Waals surface area contributed by atoms with Crippen molar-refractivity contribution >= 4 is 0 Å². The number of hydrogen-bond acceptors (Lipinski definition) is 7. The third-order valence-corrected chi connectivity index (χ3v) is 4.46. The summed E-state index contributed by atoms with van der Waals surface area (Å²) in [5.74, 6) is 4.64. The predicted molar refractivity (Wildman–Crippen MR) is 91.7 cm³/mol. The van der Waals surface area contributed by atoms with Gasteiger partial charge in [0.05, 0.1) is 6.04 Å². The van der Waals surface area contributed by atoms with Crippen molar-refractivity contribution < 1.29 is 18.6 Å². The van der Waals surface area contributed by atoms with Gasteiger partial charge in [-0.3, -0.25) is 5.43 Å².